The lowest BCUT2D eigenvalue weighted by molar-refractivity contribution is -0.147. The van der Waals surface area contributed by atoms with Gasteiger partial charge in [-0.15, -0.1) is 0 Å². The van der Waals surface area contributed by atoms with E-state index in [4.69, 9.17) is 9.47 Å². The molecule has 1 fully saturated rings. The van der Waals surface area contributed by atoms with Crippen molar-refractivity contribution in [2.75, 3.05) is 7.11 Å². The predicted molar refractivity (Wildman–Crippen MR) is 48.7 cm³/mol. The van der Waals surface area contributed by atoms with Crippen LogP contribution in [0.3, 0.4) is 0 Å². The minimum atomic E-state index is -0.759. The van der Waals surface area contributed by atoms with Crippen molar-refractivity contribution in [3.63, 3.8) is 0 Å². The Morgan fingerprint density at radius 3 is 3.14 bits per heavy atom. The maximum absolute atomic E-state index is 11.6. The van der Waals surface area contributed by atoms with E-state index in [0.717, 1.165) is 12.0 Å². The molecule has 3 rings (SSSR count). The van der Waals surface area contributed by atoms with Crippen molar-refractivity contribution >= 4 is 5.97 Å². The average Bonchev–Trinajstić information content (AvgIpc) is 2.86. The highest BCUT2D eigenvalue weighted by atomic mass is 16.7. The van der Waals surface area contributed by atoms with Gasteiger partial charge in [0.05, 0.1) is 7.11 Å². The maximum Gasteiger partial charge on any atom is 0.345 e. The van der Waals surface area contributed by atoms with E-state index in [1.165, 1.54) is 12.7 Å². The number of rotatable bonds is 1. The van der Waals surface area contributed by atoms with E-state index in [1.807, 2.05) is 24.3 Å². The maximum atomic E-state index is 11.6. The lowest BCUT2D eigenvalue weighted by Gasteiger charge is -2.09. The molecule has 72 valence electrons. The molecule has 0 saturated carbocycles. The number of hydrogen-bond acceptors (Lipinski definition) is 3. The normalized spacial score (nSPS) is 31.9. The van der Waals surface area contributed by atoms with Crippen LogP contribution >= 0.6 is 0 Å². The first kappa shape index (κ1) is 8.00. The van der Waals surface area contributed by atoms with Crippen molar-refractivity contribution in [2.24, 2.45) is 0 Å². The van der Waals surface area contributed by atoms with Gasteiger partial charge in [0.15, 0.2) is 0 Å². The third kappa shape index (κ3) is 0.738. The van der Waals surface area contributed by atoms with Crippen LogP contribution in [-0.4, -0.2) is 19.2 Å². The smallest absolute Gasteiger partial charge is 0.345 e. The Morgan fingerprint density at radius 2 is 2.36 bits per heavy atom. The molecule has 1 aliphatic heterocycles. The summed E-state index contributed by atoms with van der Waals surface area (Å²) in [6, 6.07) is 7.89. The molecule has 1 saturated heterocycles. The zero-order valence-electron chi connectivity index (χ0n) is 7.82. The quantitative estimate of drug-likeness (QED) is 0.490. The summed E-state index contributed by atoms with van der Waals surface area (Å²) in [6.07, 6.45) is 0.831. The van der Waals surface area contributed by atoms with E-state index in [0.29, 0.717) is 0 Å². The largest absolute Gasteiger partial charge is 0.467 e. The number of carbonyl (C=O) groups excluding carboxylic acids is 1. The second-order valence-electron chi connectivity index (χ2n) is 3.69. The highest BCUT2D eigenvalue weighted by Crippen LogP contribution is 2.55. The van der Waals surface area contributed by atoms with E-state index in [-0.39, 0.29) is 12.1 Å². The van der Waals surface area contributed by atoms with Crippen LogP contribution in [0, 0.1) is 0 Å². The van der Waals surface area contributed by atoms with Crippen molar-refractivity contribution in [1.29, 1.82) is 0 Å². The zero-order valence-corrected chi connectivity index (χ0v) is 7.82. The Balaban J connectivity index is 2.11. The number of hydrogen-bond donors (Lipinski definition) is 0. The Morgan fingerprint density at radius 1 is 1.57 bits per heavy atom. The van der Waals surface area contributed by atoms with Gasteiger partial charge in [-0.1, -0.05) is 24.3 Å². The van der Waals surface area contributed by atoms with E-state index < -0.39 is 5.60 Å². The zero-order chi connectivity index (χ0) is 9.76. The molecule has 0 amide bonds. The molecule has 0 spiro atoms. The summed E-state index contributed by atoms with van der Waals surface area (Å²) in [4.78, 5) is 11.6. The Hall–Kier alpha value is -1.35. The van der Waals surface area contributed by atoms with E-state index in [2.05, 4.69) is 0 Å². The molecule has 2 aliphatic rings. The summed E-state index contributed by atoms with van der Waals surface area (Å²) in [5.74, 6) is -0.271. The lowest BCUT2D eigenvalue weighted by Crippen LogP contribution is -2.23. The topological polar surface area (TPSA) is 38.8 Å². The fourth-order valence-corrected chi connectivity index (χ4v) is 2.31. The molecule has 3 heteroatoms. The van der Waals surface area contributed by atoms with Gasteiger partial charge in [0, 0.05) is 12.0 Å². The summed E-state index contributed by atoms with van der Waals surface area (Å²) < 4.78 is 10.2. The van der Waals surface area contributed by atoms with Gasteiger partial charge in [-0.2, -0.15) is 0 Å². The number of fused-ring (bicyclic) bond motifs is 3. The summed E-state index contributed by atoms with van der Waals surface area (Å²) in [5.41, 5.74) is 1.43. The first-order valence-corrected chi connectivity index (χ1v) is 4.63. The molecular formula is C11H10O3. The lowest BCUT2D eigenvalue weighted by atomic mass is 10.0. The fourth-order valence-electron chi connectivity index (χ4n) is 2.31. The Kier molecular flexibility index (Phi) is 1.35. The third-order valence-electron chi connectivity index (χ3n) is 3.04. The van der Waals surface area contributed by atoms with Crippen molar-refractivity contribution < 1.29 is 14.3 Å². The number of benzene rings is 1. The summed E-state index contributed by atoms with van der Waals surface area (Å²) in [5, 5.41) is 0. The van der Waals surface area contributed by atoms with Gasteiger partial charge < -0.3 is 9.47 Å². The average molecular weight is 190 g/mol. The van der Waals surface area contributed by atoms with Crippen LogP contribution in [-0.2, 0) is 26.3 Å². The molecule has 0 N–H and O–H groups in total. The van der Waals surface area contributed by atoms with Gasteiger partial charge in [0.2, 0.25) is 5.60 Å². The third-order valence-corrected chi connectivity index (χ3v) is 3.04. The van der Waals surface area contributed by atoms with Gasteiger partial charge >= 0.3 is 5.97 Å². The van der Waals surface area contributed by atoms with Gasteiger partial charge in [0.1, 0.15) is 6.10 Å². The highest BCUT2D eigenvalue weighted by Gasteiger charge is 2.69. The number of methoxy groups -OCH3 is 1. The molecule has 3 nitrogen and oxygen atoms in total. The minimum absolute atomic E-state index is 0.00681. The van der Waals surface area contributed by atoms with E-state index >= 15 is 0 Å². The molecule has 14 heavy (non-hydrogen) atoms. The van der Waals surface area contributed by atoms with Gasteiger partial charge in [-0.25, -0.2) is 4.79 Å². The number of ether oxygens (including phenoxy) is 2. The summed E-state index contributed by atoms with van der Waals surface area (Å²) >= 11 is 0. The van der Waals surface area contributed by atoms with Gasteiger partial charge in [0.25, 0.3) is 0 Å². The Bertz CT molecular complexity index is 413. The first-order chi connectivity index (χ1) is 6.79. The number of carbonyl (C=O) groups is 1. The van der Waals surface area contributed by atoms with Crippen molar-refractivity contribution in [2.45, 2.75) is 18.1 Å². The van der Waals surface area contributed by atoms with Crippen molar-refractivity contribution in [1.82, 2.24) is 0 Å². The first-order valence-electron chi connectivity index (χ1n) is 4.63. The number of epoxide rings is 1. The van der Waals surface area contributed by atoms with Crippen LogP contribution in [0.1, 0.15) is 11.1 Å². The predicted octanol–water partition coefficient (Wildman–Crippen LogP) is 1.01. The van der Waals surface area contributed by atoms with Gasteiger partial charge in [-0.05, 0) is 5.56 Å². The summed E-state index contributed by atoms with van der Waals surface area (Å²) in [6.45, 7) is 0. The van der Waals surface area contributed by atoms with Crippen LogP contribution in [0.4, 0.5) is 0 Å². The van der Waals surface area contributed by atoms with Crippen LogP contribution in [0.15, 0.2) is 24.3 Å². The Labute approximate surface area is 81.6 Å². The van der Waals surface area contributed by atoms with Crippen LogP contribution in [0.25, 0.3) is 0 Å². The summed E-state index contributed by atoms with van der Waals surface area (Å²) in [7, 11) is 1.40. The molecule has 1 aromatic carbocycles. The molecule has 1 aromatic rings. The molecule has 2 atom stereocenters. The molecular weight excluding hydrogens is 180 g/mol. The second-order valence-corrected chi connectivity index (χ2v) is 3.69. The van der Waals surface area contributed by atoms with Crippen LogP contribution in [0.5, 0.6) is 0 Å². The van der Waals surface area contributed by atoms with Crippen LogP contribution < -0.4 is 0 Å². The monoisotopic (exact) mass is 190 g/mol. The second kappa shape index (κ2) is 2.36. The van der Waals surface area contributed by atoms with Gasteiger partial charge in [-0.3, -0.25) is 0 Å². The van der Waals surface area contributed by atoms with Crippen molar-refractivity contribution in [3.05, 3.63) is 35.4 Å². The van der Waals surface area contributed by atoms with Crippen LogP contribution in [0.2, 0.25) is 0 Å². The minimum Gasteiger partial charge on any atom is -0.467 e. The fraction of sp³-hybridized carbons (Fsp3) is 0.364. The molecule has 0 radical (unpaired) electrons. The number of esters is 1. The van der Waals surface area contributed by atoms with Crippen molar-refractivity contribution in [3.8, 4) is 0 Å². The molecule has 0 bridgehead atoms. The molecule has 0 unspecified atom stereocenters. The molecule has 1 heterocycles. The SMILES string of the molecule is COC(=O)[C@]12O[C@@H]1Cc1ccccc12. The molecule has 1 aliphatic carbocycles. The molecule has 0 aromatic heterocycles. The van der Waals surface area contributed by atoms with E-state index in [9.17, 15) is 4.79 Å². The standard InChI is InChI=1S/C11H10O3/c1-13-10(12)11-8-5-3-2-4-7(8)6-9(11)14-11/h2-5,9H,6H2,1H3/t9-,11-/m1/s1. The van der Waals surface area contributed by atoms with E-state index in [1.54, 1.807) is 0 Å². The highest BCUT2D eigenvalue weighted by molar-refractivity contribution is 5.87.